The summed E-state index contributed by atoms with van der Waals surface area (Å²) in [6, 6.07) is 5.85. The number of benzene rings is 1. The monoisotopic (exact) mass is 279 g/mol. The third-order valence-corrected chi connectivity index (χ3v) is 4.20. The van der Waals surface area contributed by atoms with Crippen molar-refractivity contribution in [1.29, 1.82) is 0 Å². The molecule has 2 fully saturated rings. The van der Waals surface area contributed by atoms with E-state index in [2.05, 4.69) is 4.90 Å². The highest BCUT2D eigenvalue weighted by Gasteiger charge is 2.32. The Morgan fingerprint density at radius 2 is 1.89 bits per heavy atom. The van der Waals surface area contributed by atoms with Crippen LogP contribution in [0.3, 0.4) is 0 Å². The molecule has 1 aliphatic carbocycles. The summed E-state index contributed by atoms with van der Waals surface area (Å²) < 4.78 is 0. The number of anilines is 1. The normalized spacial score (nSPS) is 20.6. The molecule has 2 N–H and O–H groups in total. The van der Waals surface area contributed by atoms with Gasteiger partial charge >= 0.3 is 0 Å². The molecule has 1 heterocycles. The minimum atomic E-state index is 0.0143. The molecule has 0 radical (unpaired) electrons. The van der Waals surface area contributed by atoms with Crippen LogP contribution in [0, 0.1) is 0 Å². The van der Waals surface area contributed by atoms with Gasteiger partial charge in [-0.1, -0.05) is 11.6 Å². The van der Waals surface area contributed by atoms with Crippen LogP contribution in [0.2, 0.25) is 5.02 Å². The third kappa shape index (κ3) is 2.69. The summed E-state index contributed by atoms with van der Waals surface area (Å²) >= 11 is 6.09. The lowest BCUT2D eigenvalue weighted by atomic mass is 10.1. The van der Waals surface area contributed by atoms with E-state index in [9.17, 15) is 4.79 Å². The Balaban J connectivity index is 1.67. The van der Waals surface area contributed by atoms with Crippen LogP contribution in [-0.4, -0.2) is 47.9 Å². The molecule has 0 aromatic heterocycles. The van der Waals surface area contributed by atoms with Crippen molar-refractivity contribution in [3.8, 4) is 0 Å². The number of piperazine rings is 1. The van der Waals surface area contributed by atoms with Crippen molar-refractivity contribution in [3.05, 3.63) is 28.8 Å². The second kappa shape index (κ2) is 5.02. The lowest BCUT2D eigenvalue weighted by Crippen LogP contribution is -2.49. The molecule has 19 heavy (non-hydrogen) atoms. The highest BCUT2D eigenvalue weighted by atomic mass is 35.5. The van der Waals surface area contributed by atoms with E-state index in [0.29, 0.717) is 16.3 Å². The van der Waals surface area contributed by atoms with Crippen molar-refractivity contribution in [3.63, 3.8) is 0 Å². The minimum absolute atomic E-state index is 0.0143. The van der Waals surface area contributed by atoms with Gasteiger partial charge in [0.15, 0.2) is 0 Å². The number of nitrogens with two attached hydrogens (primary N) is 1. The molecule has 0 bridgehead atoms. The molecule has 5 heteroatoms. The van der Waals surface area contributed by atoms with Crippen LogP contribution < -0.4 is 5.73 Å². The first kappa shape index (κ1) is 12.8. The lowest BCUT2D eigenvalue weighted by Gasteiger charge is -2.35. The minimum Gasteiger partial charge on any atom is -0.399 e. The van der Waals surface area contributed by atoms with E-state index in [1.54, 1.807) is 18.2 Å². The zero-order chi connectivity index (χ0) is 13.4. The number of hydrogen-bond donors (Lipinski definition) is 1. The fourth-order valence-corrected chi connectivity index (χ4v) is 2.87. The first-order valence-corrected chi connectivity index (χ1v) is 7.11. The molecule has 1 aliphatic heterocycles. The van der Waals surface area contributed by atoms with Gasteiger partial charge in [-0.15, -0.1) is 0 Å². The Morgan fingerprint density at radius 3 is 2.47 bits per heavy atom. The smallest absolute Gasteiger partial charge is 0.255 e. The average Bonchev–Trinajstić information content (AvgIpc) is 3.22. The first-order valence-electron chi connectivity index (χ1n) is 6.73. The van der Waals surface area contributed by atoms with Gasteiger partial charge < -0.3 is 10.6 Å². The predicted octanol–water partition coefficient (Wildman–Crippen LogP) is 1.84. The van der Waals surface area contributed by atoms with E-state index in [1.807, 2.05) is 4.90 Å². The lowest BCUT2D eigenvalue weighted by molar-refractivity contribution is 0.0627. The summed E-state index contributed by atoms with van der Waals surface area (Å²) in [4.78, 5) is 16.8. The molecule has 1 aromatic carbocycles. The van der Waals surface area contributed by atoms with E-state index >= 15 is 0 Å². The van der Waals surface area contributed by atoms with Crippen LogP contribution in [-0.2, 0) is 0 Å². The molecule has 1 aromatic rings. The average molecular weight is 280 g/mol. The topological polar surface area (TPSA) is 49.6 Å². The molecular formula is C14H18ClN3O. The van der Waals surface area contributed by atoms with Crippen LogP contribution in [0.5, 0.6) is 0 Å². The van der Waals surface area contributed by atoms with Crippen molar-refractivity contribution < 1.29 is 4.79 Å². The van der Waals surface area contributed by atoms with Gasteiger partial charge in [-0.25, -0.2) is 0 Å². The van der Waals surface area contributed by atoms with Gasteiger partial charge in [0, 0.05) is 37.9 Å². The quantitative estimate of drug-likeness (QED) is 0.841. The maximum absolute atomic E-state index is 12.4. The summed E-state index contributed by atoms with van der Waals surface area (Å²) in [6.07, 6.45) is 2.63. The number of carbonyl (C=O) groups excluding carboxylic acids is 1. The van der Waals surface area contributed by atoms with Crippen LogP contribution in [0.4, 0.5) is 5.69 Å². The van der Waals surface area contributed by atoms with Crippen molar-refractivity contribution in [2.45, 2.75) is 18.9 Å². The molecular weight excluding hydrogens is 262 g/mol. The summed E-state index contributed by atoms with van der Waals surface area (Å²) in [5, 5.41) is 0.439. The van der Waals surface area contributed by atoms with Gasteiger partial charge in [0.25, 0.3) is 5.91 Å². The Hall–Kier alpha value is -1.26. The number of hydrogen-bond acceptors (Lipinski definition) is 3. The van der Waals surface area contributed by atoms with E-state index in [4.69, 9.17) is 17.3 Å². The van der Waals surface area contributed by atoms with E-state index in [1.165, 1.54) is 12.8 Å². The summed E-state index contributed by atoms with van der Waals surface area (Å²) in [6.45, 7) is 3.53. The van der Waals surface area contributed by atoms with E-state index in [0.717, 1.165) is 32.2 Å². The predicted molar refractivity (Wildman–Crippen MR) is 76.4 cm³/mol. The van der Waals surface area contributed by atoms with Gasteiger partial charge in [0.1, 0.15) is 0 Å². The van der Waals surface area contributed by atoms with Crippen molar-refractivity contribution in [2.75, 3.05) is 31.9 Å². The molecule has 3 rings (SSSR count). The fraction of sp³-hybridized carbons (Fsp3) is 0.500. The van der Waals surface area contributed by atoms with Crippen LogP contribution >= 0.6 is 11.6 Å². The van der Waals surface area contributed by atoms with Crippen molar-refractivity contribution in [2.24, 2.45) is 0 Å². The third-order valence-electron chi connectivity index (χ3n) is 3.89. The molecule has 1 saturated carbocycles. The molecule has 2 aliphatic rings. The van der Waals surface area contributed by atoms with Gasteiger partial charge in [-0.2, -0.15) is 0 Å². The standard InChI is InChI=1S/C14H18ClN3O/c15-13-9-10(16)1-4-12(13)14(19)18-7-5-17(6-8-18)11-2-3-11/h1,4,9,11H,2-3,5-8,16H2. The number of halogens is 1. The number of rotatable bonds is 2. The molecule has 0 unspecified atom stereocenters. The fourth-order valence-electron chi connectivity index (χ4n) is 2.60. The molecule has 0 spiro atoms. The SMILES string of the molecule is Nc1ccc(C(=O)N2CCN(C3CC3)CC2)c(Cl)c1. The summed E-state index contributed by atoms with van der Waals surface area (Å²) in [5.41, 5.74) is 6.78. The largest absolute Gasteiger partial charge is 0.399 e. The highest BCUT2D eigenvalue weighted by Crippen LogP contribution is 2.28. The zero-order valence-electron chi connectivity index (χ0n) is 10.8. The first-order chi connectivity index (χ1) is 9.15. The number of nitrogen functional groups attached to an aromatic ring is 1. The van der Waals surface area contributed by atoms with Crippen LogP contribution in [0.25, 0.3) is 0 Å². The number of nitrogens with zero attached hydrogens (tertiary/aromatic N) is 2. The second-order valence-corrected chi connectivity index (χ2v) is 5.71. The van der Waals surface area contributed by atoms with E-state index in [-0.39, 0.29) is 5.91 Å². The Morgan fingerprint density at radius 1 is 1.21 bits per heavy atom. The molecule has 1 amide bonds. The van der Waals surface area contributed by atoms with Gasteiger partial charge in [0.2, 0.25) is 0 Å². The molecule has 102 valence electrons. The van der Waals surface area contributed by atoms with Gasteiger partial charge in [0.05, 0.1) is 10.6 Å². The summed E-state index contributed by atoms with van der Waals surface area (Å²) in [7, 11) is 0. The van der Waals surface area contributed by atoms with Gasteiger partial charge in [-0.3, -0.25) is 9.69 Å². The molecule has 1 saturated heterocycles. The number of amides is 1. The maximum atomic E-state index is 12.4. The highest BCUT2D eigenvalue weighted by molar-refractivity contribution is 6.34. The molecule has 0 atom stereocenters. The van der Waals surface area contributed by atoms with E-state index < -0.39 is 0 Å². The van der Waals surface area contributed by atoms with Crippen LogP contribution in [0.15, 0.2) is 18.2 Å². The zero-order valence-corrected chi connectivity index (χ0v) is 11.6. The van der Waals surface area contributed by atoms with Gasteiger partial charge in [-0.05, 0) is 31.0 Å². The van der Waals surface area contributed by atoms with Crippen LogP contribution in [0.1, 0.15) is 23.2 Å². The summed E-state index contributed by atoms with van der Waals surface area (Å²) in [5.74, 6) is 0.0143. The van der Waals surface area contributed by atoms with Crippen molar-refractivity contribution in [1.82, 2.24) is 9.80 Å². The Bertz CT molecular complexity index is 493. The van der Waals surface area contributed by atoms with Crippen molar-refractivity contribution >= 4 is 23.2 Å². The Kier molecular flexibility index (Phi) is 3.37. The second-order valence-electron chi connectivity index (χ2n) is 5.30. The Labute approximate surface area is 118 Å². The molecule has 4 nitrogen and oxygen atoms in total. The maximum Gasteiger partial charge on any atom is 0.255 e. The number of carbonyl (C=O) groups is 1.